The van der Waals surface area contributed by atoms with Gasteiger partial charge in [-0.3, -0.25) is 4.79 Å². The number of carbonyl (C=O) groups is 1. The molecule has 7 rings (SSSR count). The first-order chi connectivity index (χ1) is 20.8. The van der Waals surface area contributed by atoms with Gasteiger partial charge >= 0.3 is 6.01 Å². The van der Waals surface area contributed by atoms with Crippen molar-refractivity contribution in [2.45, 2.75) is 37.4 Å². The first kappa shape index (κ1) is 28.3. The van der Waals surface area contributed by atoms with Crippen LogP contribution in [0.3, 0.4) is 0 Å². The molecule has 7 nitrogen and oxygen atoms in total. The molecule has 3 fully saturated rings. The number of rotatable bonds is 6. The van der Waals surface area contributed by atoms with Gasteiger partial charge in [0.25, 0.3) is 0 Å². The number of carbonyl (C=O) groups excluding carboxylic acids is 1. The fourth-order valence-corrected chi connectivity index (χ4v) is 7.39. The minimum Gasteiger partial charge on any atom is -0.462 e. The number of amides is 1. The molecule has 3 aliphatic heterocycles. The monoisotopic (exact) mass is 623 g/mol. The van der Waals surface area contributed by atoms with E-state index in [0.717, 1.165) is 25.8 Å². The molecule has 11 heteroatoms. The van der Waals surface area contributed by atoms with Gasteiger partial charge in [-0.05, 0) is 62.0 Å². The van der Waals surface area contributed by atoms with E-state index in [2.05, 4.69) is 28.4 Å². The highest BCUT2D eigenvalue weighted by atomic mass is 35.5. The SMILES string of the molecule is C=CC(=O)N1CCC2[C@H]1CN2c1nc(OC[C@@H]2CCCN2C)nc2c(F)c(-c3cccc4ccc(F)c(Cl)c34)c(Cl)cc12. The summed E-state index contributed by atoms with van der Waals surface area (Å²) in [5, 5.41) is 1.46. The number of anilines is 1. The van der Waals surface area contributed by atoms with E-state index in [1.165, 1.54) is 12.1 Å². The summed E-state index contributed by atoms with van der Waals surface area (Å²) in [6.07, 6.45) is 4.15. The number of nitrogens with zero attached hydrogens (tertiary/aromatic N) is 5. The Labute approximate surface area is 257 Å². The van der Waals surface area contributed by atoms with Crippen molar-refractivity contribution in [2.75, 3.05) is 38.2 Å². The van der Waals surface area contributed by atoms with Crippen molar-refractivity contribution in [2.24, 2.45) is 0 Å². The lowest BCUT2D eigenvalue weighted by molar-refractivity contribution is -0.127. The second kappa shape index (κ2) is 10.9. The van der Waals surface area contributed by atoms with E-state index in [1.807, 2.05) is 4.90 Å². The first-order valence-electron chi connectivity index (χ1n) is 14.4. The number of benzene rings is 3. The third kappa shape index (κ3) is 4.60. The number of likely N-dealkylation sites (N-methyl/N-ethyl adjacent to an activating group) is 1. The molecular formula is C32H29Cl2F2N5O2. The Morgan fingerprint density at radius 2 is 1.98 bits per heavy atom. The fraction of sp³-hybridized carbons (Fsp3) is 0.344. The van der Waals surface area contributed by atoms with Crippen LogP contribution in [0.1, 0.15) is 19.3 Å². The fourth-order valence-electron chi connectivity index (χ4n) is 6.82. The molecule has 0 radical (unpaired) electrons. The van der Waals surface area contributed by atoms with Gasteiger partial charge in [0.05, 0.1) is 22.1 Å². The number of likely N-dealkylation sites (tertiary alicyclic amines) is 2. The highest BCUT2D eigenvalue weighted by Crippen LogP contribution is 2.45. The van der Waals surface area contributed by atoms with Gasteiger partial charge in [-0.15, -0.1) is 0 Å². The summed E-state index contributed by atoms with van der Waals surface area (Å²) in [7, 11) is 2.05. The van der Waals surface area contributed by atoms with Gasteiger partial charge in [0.1, 0.15) is 23.8 Å². The molecule has 3 atom stereocenters. The quantitative estimate of drug-likeness (QED) is 0.229. The number of halogens is 4. The summed E-state index contributed by atoms with van der Waals surface area (Å²) in [6, 6.07) is 10.0. The van der Waals surface area contributed by atoms with Crippen molar-refractivity contribution in [1.29, 1.82) is 0 Å². The van der Waals surface area contributed by atoms with E-state index in [9.17, 15) is 9.18 Å². The van der Waals surface area contributed by atoms with Crippen molar-refractivity contribution in [3.05, 3.63) is 70.7 Å². The summed E-state index contributed by atoms with van der Waals surface area (Å²) in [6.45, 7) is 6.12. The van der Waals surface area contributed by atoms with Crippen LogP contribution in [0.2, 0.25) is 10.0 Å². The van der Waals surface area contributed by atoms with Crippen molar-refractivity contribution in [3.63, 3.8) is 0 Å². The number of hydrogen-bond donors (Lipinski definition) is 0. The Balaban J connectivity index is 1.36. The maximum atomic E-state index is 16.7. The maximum Gasteiger partial charge on any atom is 0.319 e. The maximum absolute atomic E-state index is 16.7. The lowest BCUT2D eigenvalue weighted by atomic mass is 9.94. The average molecular weight is 625 g/mol. The minimum absolute atomic E-state index is 0.0113. The van der Waals surface area contributed by atoms with Crippen LogP contribution in [0.4, 0.5) is 14.6 Å². The van der Waals surface area contributed by atoms with E-state index in [4.69, 9.17) is 32.9 Å². The lowest BCUT2D eigenvalue weighted by Gasteiger charge is -2.47. The second-order valence-electron chi connectivity index (χ2n) is 11.4. The molecule has 3 aliphatic rings. The topological polar surface area (TPSA) is 61.8 Å². The second-order valence-corrected chi connectivity index (χ2v) is 12.2. The van der Waals surface area contributed by atoms with E-state index < -0.39 is 11.6 Å². The normalized spacial score (nSPS) is 21.8. The van der Waals surface area contributed by atoms with Gasteiger partial charge < -0.3 is 19.4 Å². The molecule has 0 bridgehead atoms. The van der Waals surface area contributed by atoms with Gasteiger partial charge in [0.15, 0.2) is 5.82 Å². The zero-order chi connectivity index (χ0) is 30.0. The van der Waals surface area contributed by atoms with Crippen LogP contribution in [0.15, 0.2) is 49.1 Å². The van der Waals surface area contributed by atoms with Gasteiger partial charge in [0.2, 0.25) is 5.91 Å². The van der Waals surface area contributed by atoms with Crippen LogP contribution < -0.4 is 9.64 Å². The van der Waals surface area contributed by atoms with Crippen LogP contribution in [-0.4, -0.2) is 77.1 Å². The molecule has 4 heterocycles. The molecule has 3 saturated heterocycles. The van der Waals surface area contributed by atoms with Crippen LogP contribution in [0.5, 0.6) is 6.01 Å². The van der Waals surface area contributed by atoms with Crippen molar-refractivity contribution in [3.8, 4) is 17.1 Å². The van der Waals surface area contributed by atoms with Crippen LogP contribution in [0.25, 0.3) is 32.8 Å². The molecule has 1 aromatic heterocycles. The molecule has 1 amide bonds. The van der Waals surface area contributed by atoms with Crippen molar-refractivity contribution in [1.82, 2.24) is 19.8 Å². The molecule has 0 saturated carbocycles. The highest BCUT2D eigenvalue weighted by Gasteiger charge is 2.49. The summed E-state index contributed by atoms with van der Waals surface area (Å²) < 4.78 is 37.4. The molecule has 1 unspecified atom stereocenters. The third-order valence-electron chi connectivity index (χ3n) is 9.15. The summed E-state index contributed by atoms with van der Waals surface area (Å²) >= 11 is 13.2. The summed E-state index contributed by atoms with van der Waals surface area (Å²) in [4.78, 5) is 27.8. The Bertz CT molecular complexity index is 1800. The lowest BCUT2D eigenvalue weighted by Crippen LogP contribution is -2.63. The standard InChI is InChI=1S/C32H29Cl2F2N5O2/c1-3-25(42)40-13-11-23-24(40)15-41(23)31-20-14-21(33)27(19-8-4-6-17-9-10-22(35)28(34)26(17)19)29(36)30(20)37-32(38-31)43-16-18-7-5-12-39(18)2/h3-4,6,8-10,14,18,23-24H,1,5,7,11-13,15-16H2,2H3/t18-,23?,24+/m0/s1. The number of hydrogen-bond acceptors (Lipinski definition) is 6. The number of aromatic nitrogens is 2. The smallest absolute Gasteiger partial charge is 0.319 e. The largest absolute Gasteiger partial charge is 0.462 e. The van der Waals surface area contributed by atoms with Crippen LogP contribution >= 0.6 is 23.2 Å². The Morgan fingerprint density at radius 1 is 1.14 bits per heavy atom. The van der Waals surface area contributed by atoms with E-state index >= 15 is 4.39 Å². The van der Waals surface area contributed by atoms with Gasteiger partial charge in [-0.2, -0.15) is 9.97 Å². The van der Waals surface area contributed by atoms with E-state index in [-0.39, 0.29) is 51.2 Å². The highest BCUT2D eigenvalue weighted by molar-refractivity contribution is 6.38. The molecule has 43 heavy (non-hydrogen) atoms. The van der Waals surface area contributed by atoms with Crippen LogP contribution in [-0.2, 0) is 4.79 Å². The predicted octanol–water partition coefficient (Wildman–Crippen LogP) is 6.48. The van der Waals surface area contributed by atoms with E-state index in [1.54, 1.807) is 30.3 Å². The first-order valence-corrected chi connectivity index (χ1v) is 15.1. The molecule has 0 aliphatic carbocycles. The molecular weight excluding hydrogens is 595 g/mol. The van der Waals surface area contributed by atoms with Gasteiger partial charge in [-0.25, -0.2) is 8.78 Å². The van der Waals surface area contributed by atoms with Gasteiger partial charge in [0, 0.05) is 35.5 Å². The number of ether oxygens (including phenoxy) is 1. The molecule has 0 N–H and O–H groups in total. The average Bonchev–Trinajstić information content (AvgIpc) is 3.55. The molecule has 222 valence electrons. The van der Waals surface area contributed by atoms with Crippen LogP contribution in [0, 0.1) is 11.6 Å². The number of fused-ring (bicyclic) bond motifs is 3. The zero-order valence-electron chi connectivity index (χ0n) is 23.5. The predicted molar refractivity (Wildman–Crippen MR) is 165 cm³/mol. The Morgan fingerprint density at radius 3 is 2.74 bits per heavy atom. The van der Waals surface area contributed by atoms with Gasteiger partial charge in [-0.1, -0.05) is 54.0 Å². The third-order valence-corrected chi connectivity index (χ3v) is 9.81. The van der Waals surface area contributed by atoms with E-state index in [0.29, 0.717) is 47.2 Å². The summed E-state index contributed by atoms with van der Waals surface area (Å²) in [5.41, 5.74) is 0.479. The Kier molecular flexibility index (Phi) is 7.15. The molecule has 3 aromatic carbocycles. The van der Waals surface area contributed by atoms with Crippen molar-refractivity contribution < 1.29 is 18.3 Å². The Hall–Kier alpha value is -3.53. The summed E-state index contributed by atoms with van der Waals surface area (Å²) in [5.74, 6) is -0.880. The van der Waals surface area contributed by atoms with Crippen molar-refractivity contribution >= 4 is 56.6 Å². The molecule has 0 spiro atoms. The zero-order valence-corrected chi connectivity index (χ0v) is 25.0. The minimum atomic E-state index is -0.672. The molecule has 4 aromatic rings.